The molecule has 6 heteroatoms. The van der Waals surface area contributed by atoms with Crippen LogP contribution in [0, 0.1) is 0 Å². The number of nitrogen functional groups attached to an aromatic ring is 1. The van der Waals surface area contributed by atoms with Crippen molar-refractivity contribution < 1.29 is 9.84 Å². The van der Waals surface area contributed by atoms with Crippen LogP contribution in [0.25, 0.3) is 21.9 Å². The van der Waals surface area contributed by atoms with E-state index < -0.39 is 5.60 Å². The third-order valence-electron chi connectivity index (χ3n) is 3.76. The van der Waals surface area contributed by atoms with E-state index in [9.17, 15) is 5.11 Å². The summed E-state index contributed by atoms with van der Waals surface area (Å²) in [5.41, 5.74) is 7.67. The van der Waals surface area contributed by atoms with E-state index in [2.05, 4.69) is 9.97 Å². The Bertz CT molecular complexity index is 849. The van der Waals surface area contributed by atoms with Crippen LogP contribution in [0.15, 0.2) is 24.3 Å². The van der Waals surface area contributed by atoms with E-state index in [0.29, 0.717) is 30.9 Å². The molecule has 0 spiro atoms. The van der Waals surface area contributed by atoms with Crippen LogP contribution >= 0.6 is 0 Å². The number of imidazole rings is 1. The molecule has 1 aromatic carbocycles. The van der Waals surface area contributed by atoms with Crippen molar-refractivity contribution in [2.45, 2.75) is 32.4 Å². The second-order valence-electron chi connectivity index (χ2n) is 6.38. The molecule has 0 unspecified atom stereocenters. The van der Waals surface area contributed by atoms with Crippen molar-refractivity contribution in [2.24, 2.45) is 0 Å². The summed E-state index contributed by atoms with van der Waals surface area (Å²) in [6.07, 6.45) is 0.648. The number of aliphatic hydroxyl groups is 1. The van der Waals surface area contributed by atoms with Gasteiger partial charge in [-0.1, -0.05) is 18.2 Å². The molecular formula is C17H22N4O2. The number of hydrogen-bond donors (Lipinski definition) is 2. The number of fused-ring (bicyclic) bond motifs is 3. The molecule has 3 rings (SSSR count). The topological polar surface area (TPSA) is 86.2 Å². The van der Waals surface area contributed by atoms with Crippen LogP contribution in [0.3, 0.4) is 0 Å². The Kier molecular flexibility index (Phi) is 3.95. The highest BCUT2D eigenvalue weighted by Crippen LogP contribution is 2.30. The maximum absolute atomic E-state index is 10.3. The van der Waals surface area contributed by atoms with Crippen molar-refractivity contribution in [3.05, 3.63) is 30.1 Å². The fourth-order valence-corrected chi connectivity index (χ4v) is 2.85. The summed E-state index contributed by atoms with van der Waals surface area (Å²) >= 11 is 0. The Labute approximate surface area is 134 Å². The lowest BCUT2D eigenvalue weighted by Crippen LogP contribution is -2.27. The Morgan fingerprint density at radius 1 is 1.26 bits per heavy atom. The molecule has 3 aromatic rings. The number of para-hydroxylation sites is 1. The molecule has 0 fully saturated rings. The molecular weight excluding hydrogens is 292 g/mol. The summed E-state index contributed by atoms with van der Waals surface area (Å²) < 4.78 is 7.22. The van der Waals surface area contributed by atoms with Crippen molar-refractivity contribution in [2.75, 3.05) is 19.5 Å². The van der Waals surface area contributed by atoms with Crippen LogP contribution in [0.4, 0.5) is 5.82 Å². The van der Waals surface area contributed by atoms with Gasteiger partial charge in [0.25, 0.3) is 0 Å². The summed E-state index contributed by atoms with van der Waals surface area (Å²) in [6, 6.07) is 7.84. The molecule has 0 aliphatic heterocycles. The van der Waals surface area contributed by atoms with Crippen molar-refractivity contribution in [3.63, 3.8) is 0 Å². The SMILES string of the molecule is COCCc1nc2c(N)nc3ccccc3c2n1CC(C)(C)O. The quantitative estimate of drug-likeness (QED) is 0.753. The normalized spacial score (nSPS) is 12.3. The zero-order valence-electron chi connectivity index (χ0n) is 13.7. The first-order chi connectivity index (χ1) is 10.9. The smallest absolute Gasteiger partial charge is 0.152 e. The average molecular weight is 314 g/mol. The van der Waals surface area contributed by atoms with Gasteiger partial charge in [0.15, 0.2) is 5.82 Å². The Hall–Kier alpha value is -2.18. The second-order valence-corrected chi connectivity index (χ2v) is 6.38. The van der Waals surface area contributed by atoms with Gasteiger partial charge in [0, 0.05) is 18.9 Å². The van der Waals surface area contributed by atoms with E-state index in [1.165, 1.54) is 0 Å². The predicted octanol–water partition coefficient (Wildman–Crippen LogP) is 2.13. The molecule has 0 atom stereocenters. The van der Waals surface area contributed by atoms with Gasteiger partial charge in [-0.05, 0) is 19.9 Å². The largest absolute Gasteiger partial charge is 0.389 e. The molecule has 23 heavy (non-hydrogen) atoms. The summed E-state index contributed by atoms with van der Waals surface area (Å²) in [5.74, 6) is 1.25. The van der Waals surface area contributed by atoms with E-state index >= 15 is 0 Å². The fraction of sp³-hybridized carbons (Fsp3) is 0.412. The highest BCUT2D eigenvalue weighted by atomic mass is 16.5. The van der Waals surface area contributed by atoms with Gasteiger partial charge >= 0.3 is 0 Å². The van der Waals surface area contributed by atoms with Crippen molar-refractivity contribution in [1.82, 2.24) is 14.5 Å². The molecule has 0 aliphatic rings. The number of hydrogen-bond acceptors (Lipinski definition) is 5. The van der Waals surface area contributed by atoms with Gasteiger partial charge in [0.1, 0.15) is 11.3 Å². The number of aromatic nitrogens is 3. The third-order valence-corrected chi connectivity index (χ3v) is 3.76. The number of nitrogens with two attached hydrogens (primary N) is 1. The van der Waals surface area contributed by atoms with Crippen molar-refractivity contribution >= 4 is 27.8 Å². The average Bonchev–Trinajstić information content (AvgIpc) is 2.83. The third kappa shape index (κ3) is 3.00. The number of pyridine rings is 1. The van der Waals surface area contributed by atoms with Gasteiger partial charge in [-0.3, -0.25) is 0 Å². The second kappa shape index (κ2) is 5.79. The first kappa shape index (κ1) is 15.7. The number of nitrogens with zero attached hydrogens (tertiary/aromatic N) is 3. The maximum Gasteiger partial charge on any atom is 0.152 e. The number of benzene rings is 1. The fourth-order valence-electron chi connectivity index (χ4n) is 2.85. The monoisotopic (exact) mass is 314 g/mol. The summed E-state index contributed by atoms with van der Waals surface area (Å²) in [7, 11) is 1.66. The van der Waals surface area contributed by atoms with Crippen molar-refractivity contribution in [3.8, 4) is 0 Å². The summed E-state index contributed by atoms with van der Waals surface area (Å²) in [4.78, 5) is 9.11. The number of ether oxygens (including phenoxy) is 1. The number of methoxy groups -OCH3 is 1. The molecule has 2 heterocycles. The molecule has 6 nitrogen and oxygen atoms in total. The molecule has 0 amide bonds. The van der Waals surface area contributed by atoms with Crippen LogP contribution in [-0.4, -0.2) is 39.0 Å². The molecule has 0 saturated heterocycles. The van der Waals surface area contributed by atoms with Gasteiger partial charge in [-0.25, -0.2) is 9.97 Å². The van der Waals surface area contributed by atoms with E-state index in [1.807, 2.05) is 28.8 Å². The first-order valence-electron chi connectivity index (χ1n) is 7.65. The molecule has 2 aromatic heterocycles. The minimum Gasteiger partial charge on any atom is -0.389 e. The van der Waals surface area contributed by atoms with E-state index in [1.54, 1.807) is 21.0 Å². The van der Waals surface area contributed by atoms with Gasteiger partial charge in [-0.2, -0.15) is 0 Å². The van der Waals surface area contributed by atoms with Crippen molar-refractivity contribution in [1.29, 1.82) is 0 Å². The van der Waals surface area contributed by atoms with E-state index in [4.69, 9.17) is 10.5 Å². The minimum absolute atomic E-state index is 0.409. The Morgan fingerprint density at radius 3 is 2.70 bits per heavy atom. The Balaban J connectivity index is 2.32. The lowest BCUT2D eigenvalue weighted by molar-refractivity contribution is 0.0615. The zero-order valence-corrected chi connectivity index (χ0v) is 13.7. The summed E-state index contributed by atoms with van der Waals surface area (Å²) in [5, 5.41) is 11.3. The Morgan fingerprint density at radius 2 is 2.00 bits per heavy atom. The maximum atomic E-state index is 10.3. The lowest BCUT2D eigenvalue weighted by Gasteiger charge is -2.20. The molecule has 0 aliphatic carbocycles. The highest BCUT2D eigenvalue weighted by molar-refractivity contribution is 6.06. The van der Waals surface area contributed by atoms with Gasteiger partial charge < -0.3 is 20.1 Å². The first-order valence-corrected chi connectivity index (χ1v) is 7.65. The minimum atomic E-state index is -0.866. The zero-order chi connectivity index (χ0) is 16.6. The van der Waals surface area contributed by atoms with Crippen LogP contribution < -0.4 is 5.73 Å². The predicted molar refractivity (Wildman–Crippen MR) is 91.3 cm³/mol. The molecule has 0 radical (unpaired) electrons. The standard InChI is InChI=1S/C17H22N4O2/c1-17(2,22)10-21-13(8-9-23-3)20-14-15(21)11-6-4-5-7-12(11)19-16(14)18/h4-7,22H,8-10H2,1-3H3,(H2,18,19). The van der Waals surface area contributed by atoms with Crippen LogP contribution in [0.5, 0.6) is 0 Å². The number of rotatable bonds is 5. The van der Waals surface area contributed by atoms with Gasteiger partial charge in [-0.15, -0.1) is 0 Å². The van der Waals surface area contributed by atoms with E-state index in [0.717, 1.165) is 22.2 Å². The van der Waals surface area contributed by atoms with Crippen LogP contribution in [0.1, 0.15) is 19.7 Å². The van der Waals surface area contributed by atoms with Crippen LogP contribution in [0.2, 0.25) is 0 Å². The molecule has 0 bridgehead atoms. The van der Waals surface area contributed by atoms with Gasteiger partial charge in [0.2, 0.25) is 0 Å². The molecule has 0 saturated carbocycles. The molecule has 3 N–H and O–H groups in total. The van der Waals surface area contributed by atoms with Gasteiger partial charge in [0.05, 0.1) is 29.8 Å². The lowest BCUT2D eigenvalue weighted by atomic mass is 10.1. The van der Waals surface area contributed by atoms with Crippen LogP contribution in [-0.2, 0) is 17.7 Å². The molecule has 122 valence electrons. The highest BCUT2D eigenvalue weighted by Gasteiger charge is 2.22. The number of anilines is 1. The summed E-state index contributed by atoms with van der Waals surface area (Å²) in [6.45, 7) is 4.55. The van der Waals surface area contributed by atoms with E-state index in [-0.39, 0.29) is 0 Å².